The van der Waals surface area contributed by atoms with Crippen molar-refractivity contribution in [1.82, 2.24) is 5.32 Å². The highest BCUT2D eigenvalue weighted by Crippen LogP contribution is 2.24. The Morgan fingerprint density at radius 3 is 2.83 bits per heavy atom. The number of rotatable bonds is 7. The molecule has 98 valence electrons. The highest BCUT2D eigenvalue weighted by atomic mass is 19.1. The fraction of sp³-hybridized carbons (Fsp3) is 0.500. The van der Waals surface area contributed by atoms with Crippen molar-refractivity contribution < 1.29 is 9.13 Å². The van der Waals surface area contributed by atoms with Crippen LogP contribution in [0.3, 0.4) is 0 Å². The summed E-state index contributed by atoms with van der Waals surface area (Å²) in [4.78, 5) is 0. The van der Waals surface area contributed by atoms with Crippen LogP contribution in [0.4, 0.5) is 4.39 Å². The van der Waals surface area contributed by atoms with Gasteiger partial charge in [0.25, 0.3) is 0 Å². The molecule has 4 heteroatoms. The molecule has 0 fully saturated rings. The Kier molecular flexibility index (Phi) is 6.16. The number of nitrogens with one attached hydrogen (secondary N) is 1. The molecule has 0 aromatic heterocycles. The number of ether oxygens (including phenoxy) is 1. The highest BCUT2D eigenvalue weighted by Gasteiger charge is 2.14. The molecule has 0 aliphatic carbocycles. The Labute approximate surface area is 108 Å². The Morgan fingerprint density at radius 1 is 1.44 bits per heavy atom. The lowest BCUT2D eigenvalue weighted by atomic mass is 10.2. The average Bonchev–Trinajstić information content (AvgIpc) is 2.38. The summed E-state index contributed by atoms with van der Waals surface area (Å²) in [6, 6.07) is 6.82. The third-order valence-corrected chi connectivity index (χ3v) is 2.57. The molecule has 1 unspecified atom stereocenters. The van der Waals surface area contributed by atoms with Gasteiger partial charge in [-0.3, -0.25) is 0 Å². The summed E-state index contributed by atoms with van der Waals surface area (Å²) in [5.41, 5.74) is 0.747. The fourth-order valence-corrected chi connectivity index (χ4v) is 1.57. The topological polar surface area (TPSA) is 45.0 Å². The van der Waals surface area contributed by atoms with Gasteiger partial charge < -0.3 is 10.1 Å². The predicted octanol–water partition coefficient (Wildman–Crippen LogP) is 3.01. The van der Waals surface area contributed by atoms with E-state index in [1.54, 1.807) is 6.07 Å². The van der Waals surface area contributed by atoms with Crippen LogP contribution in [0, 0.1) is 17.1 Å². The minimum absolute atomic E-state index is 0.189. The normalized spacial score (nSPS) is 11.9. The molecule has 0 bridgehead atoms. The zero-order valence-electron chi connectivity index (χ0n) is 10.9. The van der Waals surface area contributed by atoms with E-state index in [1.165, 1.54) is 6.07 Å². The van der Waals surface area contributed by atoms with Crippen LogP contribution in [-0.2, 0) is 6.54 Å². The van der Waals surface area contributed by atoms with Crippen LogP contribution in [0.1, 0.15) is 32.3 Å². The van der Waals surface area contributed by atoms with Gasteiger partial charge in [0, 0.05) is 12.1 Å². The molecule has 3 nitrogen and oxygen atoms in total. The second-order valence-electron chi connectivity index (χ2n) is 4.05. The lowest BCUT2D eigenvalue weighted by molar-refractivity contribution is 0.237. The first-order chi connectivity index (χ1) is 8.72. The quantitative estimate of drug-likeness (QED) is 0.757. The summed E-state index contributed by atoms with van der Waals surface area (Å²) >= 11 is 0. The molecule has 18 heavy (non-hydrogen) atoms. The van der Waals surface area contributed by atoms with E-state index < -0.39 is 11.9 Å². The van der Waals surface area contributed by atoms with Gasteiger partial charge in [-0.1, -0.05) is 26.0 Å². The molecule has 0 aliphatic heterocycles. The van der Waals surface area contributed by atoms with E-state index in [2.05, 4.69) is 12.2 Å². The summed E-state index contributed by atoms with van der Waals surface area (Å²) in [6.45, 7) is 5.32. The lowest BCUT2D eigenvalue weighted by Crippen LogP contribution is -2.18. The van der Waals surface area contributed by atoms with E-state index in [0.717, 1.165) is 18.5 Å². The van der Waals surface area contributed by atoms with E-state index in [-0.39, 0.29) is 5.75 Å². The third kappa shape index (κ3) is 4.01. The number of nitrogens with zero attached hydrogens (tertiary/aromatic N) is 1. The molecule has 1 rings (SSSR count). The van der Waals surface area contributed by atoms with Gasteiger partial charge in [-0.15, -0.1) is 0 Å². The number of nitriles is 1. The van der Waals surface area contributed by atoms with Crippen LogP contribution in [0.5, 0.6) is 5.75 Å². The molecule has 0 aliphatic rings. The highest BCUT2D eigenvalue weighted by molar-refractivity contribution is 5.35. The van der Waals surface area contributed by atoms with E-state index in [9.17, 15) is 4.39 Å². The van der Waals surface area contributed by atoms with Crippen molar-refractivity contribution in [2.75, 3.05) is 6.54 Å². The first-order valence-corrected chi connectivity index (χ1v) is 6.27. The molecule has 0 heterocycles. The summed E-state index contributed by atoms with van der Waals surface area (Å²) in [7, 11) is 0. The van der Waals surface area contributed by atoms with Crippen molar-refractivity contribution in [3.63, 3.8) is 0 Å². The van der Waals surface area contributed by atoms with Gasteiger partial charge in [-0.05, 0) is 25.5 Å². The largest absolute Gasteiger partial charge is 0.472 e. The van der Waals surface area contributed by atoms with Gasteiger partial charge in [0.05, 0.1) is 0 Å². The Balaban J connectivity index is 2.83. The molecule has 1 aromatic carbocycles. The van der Waals surface area contributed by atoms with E-state index >= 15 is 0 Å². The van der Waals surface area contributed by atoms with Crippen LogP contribution in [-0.4, -0.2) is 12.6 Å². The summed E-state index contributed by atoms with van der Waals surface area (Å²) < 4.78 is 19.2. The molecule has 0 radical (unpaired) electrons. The molecule has 1 aromatic rings. The molecule has 0 saturated carbocycles. The van der Waals surface area contributed by atoms with Crippen molar-refractivity contribution >= 4 is 0 Å². The molecule has 0 saturated heterocycles. The van der Waals surface area contributed by atoms with Gasteiger partial charge in [-0.25, -0.2) is 4.39 Å². The minimum atomic E-state index is -0.605. The van der Waals surface area contributed by atoms with Crippen molar-refractivity contribution in [3.8, 4) is 11.8 Å². The fourth-order valence-electron chi connectivity index (χ4n) is 1.57. The number of halogens is 1. The predicted molar refractivity (Wildman–Crippen MR) is 68.7 cm³/mol. The first kappa shape index (κ1) is 14.5. The molecule has 1 atom stereocenters. The van der Waals surface area contributed by atoms with Crippen LogP contribution < -0.4 is 10.1 Å². The van der Waals surface area contributed by atoms with Crippen LogP contribution in [0.25, 0.3) is 0 Å². The summed E-state index contributed by atoms with van der Waals surface area (Å²) in [5, 5.41) is 12.1. The minimum Gasteiger partial charge on any atom is -0.472 e. The Hall–Kier alpha value is -1.60. The molecule has 0 spiro atoms. The molecular weight excluding hydrogens is 231 g/mol. The number of hydrogen-bond donors (Lipinski definition) is 1. The van der Waals surface area contributed by atoms with E-state index in [4.69, 9.17) is 10.00 Å². The standard InChI is InChI=1S/C14H19FN2O/c1-3-8-17-10-11-6-5-7-13(15)14(11)18-12(4-2)9-16/h5-7,12,17H,3-4,8,10H2,1-2H3. The molecule has 1 N–H and O–H groups in total. The molecular formula is C14H19FN2O. The maximum absolute atomic E-state index is 13.7. The maximum Gasteiger partial charge on any atom is 0.184 e. The van der Waals surface area contributed by atoms with Crippen molar-refractivity contribution in [3.05, 3.63) is 29.6 Å². The number of hydrogen-bond acceptors (Lipinski definition) is 3. The Bertz CT molecular complexity index is 415. The lowest BCUT2D eigenvalue weighted by Gasteiger charge is -2.15. The zero-order valence-corrected chi connectivity index (χ0v) is 10.9. The average molecular weight is 250 g/mol. The zero-order chi connectivity index (χ0) is 13.4. The first-order valence-electron chi connectivity index (χ1n) is 6.27. The van der Waals surface area contributed by atoms with E-state index in [0.29, 0.717) is 13.0 Å². The van der Waals surface area contributed by atoms with Gasteiger partial charge in [0.15, 0.2) is 17.7 Å². The second-order valence-corrected chi connectivity index (χ2v) is 4.05. The smallest absolute Gasteiger partial charge is 0.184 e. The summed E-state index contributed by atoms with van der Waals surface area (Å²) in [5.74, 6) is -0.228. The van der Waals surface area contributed by atoms with E-state index in [1.807, 2.05) is 19.1 Å². The monoisotopic (exact) mass is 250 g/mol. The van der Waals surface area contributed by atoms with Gasteiger partial charge >= 0.3 is 0 Å². The van der Waals surface area contributed by atoms with Crippen LogP contribution >= 0.6 is 0 Å². The van der Waals surface area contributed by atoms with Crippen molar-refractivity contribution in [2.24, 2.45) is 0 Å². The van der Waals surface area contributed by atoms with Crippen molar-refractivity contribution in [2.45, 2.75) is 39.3 Å². The molecule has 0 amide bonds. The summed E-state index contributed by atoms with van der Waals surface area (Å²) in [6.07, 6.45) is 0.945. The van der Waals surface area contributed by atoms with Gasteiger partial charge in [0.2, 0.25) is 0 Å². The van der Waals surface area contributed by atoms with Gasteiger partial charge in [-0.2, -0.15) is 5.26 Å². The number of benzene rings is 1. The van der Waals surface area contributed by atoms with Crippen LogP contribution in [0.2, 0.25) is 0 Å². The van der Waals surface area contributed by atoms with Crippen LogP contribution in [0.15, 0.2) is 18.2 Å². The Morgan fingerprint density at radius 2 is 2.22 bits per heavy atom. The third-order valence-electron chi connectivity index (χ3n) is 2.57. The van der Waals surface area contributed by atoms with Crippen molar-refractivity contribution in [1.29, 1.82) is 5.26 Å². The SMILES string of the molecule is CCCNCc1cccc(F)c1OC(C#N)CC. The maximum atomic E-state index is 13.7. The second kappa shape index (κ2) is 7.67. The number of para-hydroxylation sites is 1. The van der Waals surface area contributed by atoms with Gasteiger partial charge in [0.1, 0.15) is 6.07 Å².